The molecule has 15 heavy (non-hydrogen) atoms. The van der Waals surface area contributed by atoms with E-state index in [1.807, 2.05) is 27.7 Å². The molecule has 0 radical (unpaired) electrons. The lowest BCUT2D eigenvalue weighted by molar-refractivity contribution is 0.964. The average Bonchev–Trinajstić information content (AvgIpc) is 2.27. The highest BCUT2D eigenvalue weighted by Crippen LogP contribution is 2.19. The summed E-state index contributed by atoms with van der Waals surface area (Å²) < 4.78 is 0. The molecule has 0 unspecified atom stereocenters. The Bertz CT molecular complexity index is 461. The molecule has 2 aromatic rings. The van der Waals surface area contributed by atoms with Crippen molar-refractivity contribution in [3.63, 3.8) is 0 Å². The SMILES string of the molecule is CC.Cc1ccc2c(C)nnc(C)c2c1. The Morgan fingerprint density at radius 3 is 1.93 bits per heavy atom. The molecule has 0 atom stereocenters. The summed E-state index contributed by atoms with van der Waals surface area (Å²) in [5.41, 5.74) is 3.27. The summed E-state index contributed by atoms with van der Waals surface area (Å²) in [5.74, 6) is 0. The van der Waals surface area contributed by atoms with Crippen LogP contribution in [0.15, 0.2) is 18.2 Å². The number of hydrogen-bond acceptors (Lipinski definition) is 2. The van der Waals surface area contributed by atoms with E-state index in [-0.39, 0.29) is 0 Å². The van der Waals surface area contributed by atoms with Crippen LogP contribution in [0.1, 0.15) is 30.8 Å². The van der Waals surface area contributed by atoms with Crippen molar-refractivity contribution < 1.29 is 0 Å². The van der Waals surface area contributed by atoms with Gasteiger partial charge < -0.3 is 0 Å². The Balaban J connectivity index is 0.000000531. The third-order valence-corrected chi connectivity index (χ3v) is 2.30. The predicted octanol–water partition coefficient (Wildman–Crippen LogP) is 3.58. The molecule has 2 rings (SSSR count). The summed E-state index contributed by atoms with van der Waals surface area (Å²) in [6, 6.07) is 6.38. The molecule has 80 valence electrons. The van der Waals surface area contributed by atoms with Gasteiger partial charge in [0.25, 0.3) is 0 Å². The Hall–Kier alpha value is -1.44. The van der Waals surface area contributed by atoms with Crippen LogP contribution in [-0.2, 0) is 0 Å². The van der Waals surface area contributed by atoms with Gasteiger partial charge in [0.15, 0.2) is 0 Å². The molecule has 0 spiro atoms. The second-order valence-corrected chi connectivity index (χ2v) is 3.42. The topological polar surface area (TPSA) is 25.8 Å². The van der Waals surface area contributed by atoms with Crippen molar-refractivity contribution in [2.75, 3.05) is 0 Å². The molecular formula is C13H18N2. The molecule has 2 heteroatoms. The zero-order chi connectivity index (χ0) is 11.4. The van der Waals surface area contributed by atoms with Crippen LogP contribution in [0.3, 0.4) is 0 Å². The highest BCUT2D eigenvalue weighted by Gasteiger charge is 2.02. The summed E-state index contributed by atoms with van der Waals surface area (Å²) in [5, 5.41) is 10.6. The van der Waals surface area contributed by atoms with E-state index in [1.165, 1.54) is 16.3 Å². The van der Waals surface area contributed by atoms with Crippen molar-refractivity contribution in [1.82, 2.24) is 10.2 Å². The van der Waals surface area contributed by atoms with E-state index in [9.17, 15) is 0 Å². The normalized spacial score (nSPS) is 9.67. The quantitative estimate of drug-likeness (QED) is 0.652. The predicted molar refractivity (Wildman–Crippen MR) is 65.1 cm³/mol. The Kier molecular flexibility index (Phi) is 3.78. The van der Waals surface area contributed by atoms with Crippen molar-refractivity contribution in [3.05, 3.63) is 35.2 Å². The number of hydrogen-bond donors (Lipinski definition) is 0. The summed E-state index contributed by atoms with van der Waals surface area (Å²) >= 11 is 0. The standard InChI is InChI=1S/C11H12N2.C2H6/c1-7-4-5-10-8(2)12-13-9(3)11(10)6-7;1-2/h4-6H,1-3H3;1-2H3. The van der Waals surface area contributed by atoms with Crippen molar-refractivity contribution in [2.24, 2.45) is 0 Å². The minimum absolute atomic E-state index is 1.00. The van der Waals surface area contributed by atoms with Crippen LogP contribution in [-0.4, -0.2) is 10.2 Å². The fourth-order valence-corrected chi connectivity index (χ4v) is 1.53. The van der Waals surface area contributed by atoms with Crippen LogP contribution in [0, 0.1) is 20.8 Å². The van der Waals surface area contributed by atoms with Crippen molar-refractivity contribution >= 4 is 10.8 Å². The van der Waals surface area contributed by atoms with Gasteiger partial charge in [-0.3, -0.25) is 0 Å². The van der Waals surface area contributed by atoms with E-state index in [2.05, 4.69) is 35.3 Å². The minimum Gasteiger partial charge on any atom is -0.155 e. The fraction of sp³-hybridized carbons (Fsp3) is 0.385. The third kappa shape index (κ3) is 2.32. The molecule has 0 saturated carbocycles. The molecule has 1 aromatic carbocycles. The lowest BCUT2D eigenvalue weighted by atomic mass is 10.1. The first-order chi connectivity index (χ1) is 7.18. The molecule has 0 N–H and O–H groups in total. The van der Waals surface area contributed by atoms with Crippen LogP contribution in [0.5, 0.6) is 0 Å². The number of aryl methyl sites for hydroxylation is 3. The van der Waals surface area contributed by atoms with E-state index in [1.54, 1.807) is 0 Å². The van der Waals surface area contributed by atoms with Gasteiger partial charge in [-0.15, -0.1) is 0 Å². The molecule has 0 fully saturated rings. The highest BCUT2D eigenvalue weighted by molar-refractivity contribution is 5.86. The summed E-state index contributed by atoms with van der Waals surface area (Å²) in [6.07, 6.45) is 0. The number of fused-ring (bicyclic) bond motifs is 1. The molecule has 0 aliphatic heterocycles. The van der Waals surface area contributed by atoms with E-state index in [0.29, 0.717) is 0 Å². The van der Waals surface area contributed by atoms with Gasteiger partial charge in [0.1, 0.15) is 0 Å². The van der Waals surface area contributed by atoms with Crippen LogP contribution in [0.25, 0.3) is 10.8 Å². The van der Waals surface area contributed by atoms with Gasteiger partial charge >= 0.3 is 0 Å². The second kappa shape index (κ2) is 4.87. The maximum absolute atomic E-state index is 4.10. The summed E-state index contributed by atoms with van der Waals surface area (Å²) in [6.45, 7) is 10.1. The summed E-state index contributed by atoms with van der Waals surface area (Å²) in [4.78, 5) is 0. The lowest BCUT2D eigenvalue weighted by Gasteiger charge is -2.03. The van der Waals surface area contributed by atoms with Gasteiger partial charge in [0, 0.05) is 10.8 Å². The maximum Gasteiger partial charge on any atom is 0.0678 e. The molecule has 0 aliphatic carbocycles. The molecule has 2 nitrogen and oxygen atoms in total. The number of benzene rings is 1. The van der Waals surface area contributed by atoms with Gasteiger partial charge in [-0.05, 0) is 26.8 Å². The lowest BCUT2D eigenvalue weighted by Crippen LogP contribution is -1.92. The third-order valence-electron chi connectivity index (χ3n) is 2.30. The molecule has 0 bridgehead atoms. The minimum atomic E-state index is 1.00. The molecule has 0 saturated heterocycles. The van der Waals surface area contributed by atoms with Crippen LogP contribution < -0.4 is 0 Å². The first kappa shape index (κ1) is 11.6. The van der Waals surface area contributed by atoms with Crippen molar-refractivity contribution in [1.29, 1.82) is 0 Å². The van der Waals surface area contributed by atoms with Gasteiger partial charge in [0.05, 0.1) is 11.4 Å². The monoisotopic (exact) mass is 202 g/mol. The van der Waals surface area contributed by atoms with E-state index in [0.717, 1.165) is 11.4 Å². The first-order valence-electron chi connectivity index (χ1n) is 5.39. The van der Waals surface area contributed by atoms with Crippen LogP contribution in [0.2, 0.25) is 0 Å². The highest BCUT2D eigenvalue weighted by atomic mass is 15.1. The Morgan fingerprint density at radius 2 is 1.33 bits per heavy atom. The number of aromatic nitrogens is 2. The Morgan fingerprint density at radius 1 is 0.800 bits per heavy atom. The molecule has 0 amide bonds. The zero-order valence-electron chi connectivity index (χ0n) is 10.1. The first-order valence-corrected chi connectivity index (χ1v) is 5.39. The maximum atomic E-state index is 4.10. The zero-order valence-corrected chi connectivity index (χ0v) is 10.1. The van der Waals surface area contributed by atoms with E-state index >= 15 is 0 Å². The van der Waals surface area contributed by atoms with Gasteiger partial charge in [0.2, 0.25) is 0 Å². The largest absolute Gasteiger partial charge is 0.155 e. The van der Waals surface area contributed by atoms with Gasteiger partial charge in [-0.25, -0.2) is 0 Å². The van der Waals surface area contributed by atoms with Crippen LogP contribution in [0.4, 0.5) is 0 Å². The molecular weight excluding hydrogens is 184 g/mol. The second-order valence-electron chi connectivity index (χ2n) is 3.42. The number of rotatable bonds is 0. The fourth-order valence-electron chi connectivity index (χ4n) is 1.53. The number of nitrogens with zero attached hydrogens (tertiary/aromatic N) is 2. The van der Waals surface area contributed by atoms with Crippen LogP contribution >= 0.6 is 0 Å². The van der Waals surface area contributed by atoms with Gasteiger partial charge in [-0.2, -0.15) is 10.2 Å². The molecule has 0 aliphatic rings. The van der Waals surface area contributed by atoms with Crippen molar-refractivity contribution in [2.45, 2.75) is 34.6 Å². The van der Waals surface area contributed by atoms with E-state index < -0.39 is 0 Å². The van der Waals surface area contributed by atoms with Crippen molar-refractivity contribution in [3.8, 4) is 0 Å². The smallest absolute Gasteiger partial charge is 0.0678 e. The average molecular weight is 202 g/mol. The molecule has 1 aromatic heterocycles. The molecule has 1 heterocycles. The Labute approximate surface area is 91.4 Å². The van der Waals surface area contributed by atoms with Gasteiger partial charge in [-0.1, -0.05) is 31.5 Å². The van der Waals surface area contributed by atoms with E-state index in [4.69, 9.17) is 0 Å². The summed E-state index contributed by atoms with van der Waals surface area (Å²) in [7, 11) is 0.